The molecule has 1 unspecified atom stereocenters. The number of pyridine rings is 1. The van der Waals surface area contributed by atoms with Crippen molar-refractivity contribution < 1.29 is 8.42 Å². The molecule has 0 spiro atoms. The standard InChI is InChI=1S/C13H20N2O2S/c1-2-11-5-3-7-14-13(11)9-15-12-6-4-8-18(16,17)10-12/h3,5,7,12,15H,2,4,6,8-10H2,1H3. The summed E-state index contributed by atoms with van der Waals surface area (Å²) in [6.07, 6.45) is 4.44. The Bertz CT molecular complexity index is 499. The average molecular weight is 268 g/mol. The van der Waals surface area contributed by atoms with Crippen LogP contribution >= 0.6 is 0 Å². The predicted molar refractivity (Wildman–Crippen MR) is 72.1 cm³/mol. The van der Waals surface area contributed by atoms with Crippen LogP contribution in [0.4, 0.5) is 0 Å². The summed E-state index contributed by atoms with van der Waals surface area (Å²) in [5.41, 5.74) is 2.26. The van der Waals surface area contributed by atoms with E-state index in [0.717, 1.165) is 25.0 Å². The lowest BCUT2D eigenvalue weighted by atomic mass is 10.1. The van der Waals surface area contributed by atoms with Crippen molar-refractivity contribution in [3.63, 3.8) is 0 Å². The highest BCUT2D eigenvalue weighted by Crippen LogP contribution is 2.13. The van der Waals surface area contributed by atoms with Gasteiger partial charge in [-0.1, -0.05) is 13.0 Å². The van der Waals surface area contributed by atoms with Crippen LogP contribution in [0.1, 0.15) is 31.0 Å². The number of hydrogen-bond acceptors (Lipinski definition) is 4. The molecule has 1 aromatic rings. The van der Waals surface area contributed by atoms with Crippen molar-refractivity contribution >= 4 is 9.84 Å². The lowest BCUT2D eigenvalue weighted by Gasteiger charge is -2.23. The first-order chi connectivity index (χ1) is 8.61. The molecule has 0 aromatic carbocycles. The zero-order valence-electron chi connectivity index (χ0n) is 10.7. The van der Waals surface area contributed by atoms with Crippen LogP contribution in [-0.4, -0.2) is 30.9 Å². The van der Waals surface area contributed by atoms with E-state index < -0.39 is 9.84 Å². The van der Waals surface area contributed by atoms with E-state index in [1.807, 2.05) is 6.07 Å². The van der Waals surface area contributed by atoms with Gasteiger partial charge in [0.1, 0.15) is 0 Å². The molecule has 4 nitrogen and oxygen atoms in total. The van der Waals surface area contributed by atoms with E-state index in [9.17, 15) is 8.42 Å². The van der Waals surface area contributed by atoms with Crippen LogP contribution in [0.15, 0.2) is 18.3 Å². The summed E-state index contributed by atoms with van der Waals surface area (Å²) in [6, 6.07) is 4.09. The first kappa shape index (κ1) is 13.5. The van der Waals surface area contributed by atoms with Gasteiger partial charge >= 0.3 is 0 Å². The number of hydrogen-bond donors (Lipinski definition) is 1. The molecular formula is C13H20N2O2S. The minimum atomic E-state index is -2.83. The molecule has 0 bridgehead atoms. The zero-order chi connectivity index (χ0) is 13.0. The van der Waals surface area contributed by atoms with Gasteiger partial charge in [-0.05, 0) is 30.9 Å². The van der Waals surface area contributed by atoms with Crippen LogP contribution in [0.2, 0.25) is 0 Å². The number of aromatic nitrogens is 1. The smallest absolute Gasteiger partial charge is 0.151 e. The first-order valence-electron chi connectivity index (χ1n) is 6.47. The summed E-state index contributed by atoms with van der Waals surface area (Å²) in [7, 11) is -2.83. The van der Waals surface area contributed by atoms with Gasteiger partial charge in [0.2, 0.25) is 0 Å². The van der Waals surface area contributed by atoms with Crippen LogP contribution < -0.4 is 5.32 Å². The summed E-state index contributed by atoms with van der Waals surface area (Å²) >= 11 is 0. The minimum Gasteiger partial charge on any atom is -0.307 e. The van der Waals surface area contributed by atoms with E-state index >= 15 is 0 Å². The molecule has 0 radical (unpaired) electrons. The van der Waals surface area contributed by atoms with Crippen LogP contribution in [0.5, 0.6) is 0 Å². The maximum atomic E-state index is 11.5. The second-order valence-electron chi connectivity index (χ2n) is 4.80. The molecule has 100 valence electrons. The van der Waals surface area contributed by atoms with E-state index in [1.54, 1.807) is 6.20 Å². The van der Waals surface area contributed by atoms with E-state index in [-0.39, 0.29) is 11.8 Å². The van der Waals surface area contributed by atoms with Gasteiger partial charge in [-0.15, -0.1) is 0 Å². The van der Waals surface area contributed by atoms with Crippen molar-refractivity contribution in [3.05, 3.63) is 29.6 Å². The van der Waals surface area contributed by atoms with Gasteiger partial charge in [-0.2, -0.15) is 0 Å². The minimum absolute atomic E-state index is 0.0791. The lowest BCUT2D eigenvalue weighted by Crippen LogP contribution is -2.40. The molecule has 1 N–H and O–H groups in total. The average Bonchev–Trinajstić information content (AvgIpc) is 2.35. The lowest BCUT2D eigenvalue weighted by molar-refractivity contribution is 0.476. The van der Waals surface area contributed by atoms with Crippen molar-refractivity contribution in [3.8, 4) is 0 Å². The summed E-state index contributed by atoms with van der Waals surface area (Å²) in [5, 5.41) is 3.33. The third-order valence-corrected chi connectivity index (χ3v) is 5.21. The summed E-state index contributed by atoms with van der Waals surface area (Å²) in [5.74, 6) is 0.607. The van der Waals surface area contributed by atoms with E-state index in [4.69, 9.17) is 0 Å². The predicted octanol–water partition coefficient (Wildman–Crippen LogP) is 1.31. The molecule has 0 aliphatic carbocycles. The molecule has 1 atom stereocenters. The second-order valence-corrected chi connectivity index (χ2v) is 7.03. The molecule has 1 aliphatic rings. The Labute approximate surface area is 109 Å². The normalized spacial score (nSPS) is 22.8. The Morgan fingerprint density at radius 2 is 2.33 bits per heavy atom. The van der Waals surface area contributed by atoms with Crippen molar-refractivity contribution in [2.24, 2.45) is 0 Å². The van der Waals surface area contributed by atoms with Crippen LogP contribution in [0, 0.1) is 0 Å². The molecule has 0 saturated carbocycles. The van der Waals surface area contributed by atoms with Gasteiger partial charge in [-0.3, -0.25) is 4.98 Å². The quantitative estimate of drug-likeness (QED) is 0.894. The molecule has 5 heteroatoms. The van der Waals surface area contributed by atoms with Crippen LogP contribution in [0.25, 0.3) is 0 Å². The summed E-state index contributed by atoms with van der Waals surface area (Å²) in [6.45, 7) is 2.76. The van der Waals surface area contributed by atoms with Crippen LogP contribution in [0.3, 0.4) is 0 Å². The van der Waals surface area contributed by atoms with Gasteiger partial charge in [0.15, 0.2) is 9.84 Å². The monoisotopic (exact) mass is 268 g/mol. The molecule has 1 saturated heterocycles. The van der Waals surface area contributed by atoms with Crippen molar-refractivity contribution in [1.29, 1.82) is 0 Å². The number of sulfone groups is 1. The molecule has 2 heterocycles. The highest BCUT2D eigenvalue weighted by Gasteiger charge is 2.24. The fourth-order valence-electron chi connectivity index (χ4n) is 2.38. The van der Waals surface area contributed by atoms with Crippen molar-refractivity contribution in [2.75, 3.05) is 11.5 Å². The fraction of sp³-hybridized carbons (Fsp3) is 0.615. The number of nitrogens with zero attached hydrogens (tertiary/aromatic N) is 1. The largest absolute Gasteiger partial charge is 0.307 e. The molecular weight excluding hydrogens is 248 g/mol. The third-order valence-electron chi connectivity index (χ3n) is 3.39. The summed E-state index contributed by atoms with van der Waals surface area (Å²) < 4.78 is 23.1. The summed E-state index contributed by atoms with van der Waals surface area (Å²) in [4.78, 5) is 4.36. The first-order valence-corrected chi connectivity index (χ1v) is 8.29. The van der Waals surface area contributed by atoms with E-state index in [0.29, 0.717) is 12.3 Å². The fourth-order valence-corrected chi connectivity index (χ4v) is 4.05. The SMILES string of the molecule is CCc1cccnc1CNC1CCCS(=O)(=O)C1. The van der Waals surface area contributed by atoms with Gasteiger partial charge in [0.05, 0.1) is 17.2 Å². The maximum Gasteiger partial charge on any atom is 0.151 e. The maximum absolute atomic E-state index is 11.5. The van der Waals surface area contributed by atoms with Gasteiger partial charge < -0.3 is 5.32 Å². The van der Waals surface area contributed by atoms with Crippen molar-refractivity contribution in [2.45, 2.75) is 38.8 Å². The highest BCUT2D eigenvalue weighted by atomic mass is 32.2. The Morgan fingerprint density at radius 1 is 1.50 bits per heavy atom. The van der Waals surface area contributed by atoms with Crippen molar-refractivity contribution in [1.82, 2.24) is 10.3 Å². The number of nitrogens with one attached hydrogen (secondary N) is 1. The number of aryl methyl sites for hydroxylation is 1. The van der Waals surface area contributed by atoms with Gasteiger partial charge in [-0.25, -0.2) is 8.42 Å². The van der Waals surface area contributed by atoms with E-state index in [2.05, 4.69) is 23.3 Å². The molecule has 1 aliphatic heterocycles. The van der Waals surface area contributed by atoms with Crippen LogP contribution in [-0.2, 0) is 22.8 Å². The molecule has 1 aromatic heterocycles. The van der Waals surface area contributed by atoms with Gasteiger partial charge in [0, 0.05) is 18.8 Å². The highest BCUT2D eigenvalue weighted by molar-refractivity contribution is 7.91. The zero-order valence-corrected chi connectivity index (χ0v) is 11.5. The molecule has 0 amide bonds. The molecule has 2 rings (SSSR count). The Hall–Kier alpha value is -0.940. The van der Waals surface area contributed by atoms with E-state index in [1.165, 1.54) is 5.56 Å². The molecule has 18 heavy (non-hydrogen) atoms. The third kappa shape index (κ3) is 3.53. The topological polar surface area (TPSA) is 59.1 Å². The Kier molecular flexibility index (Phi) is 4.35. The van der Waals surface area contributed by atoms with Gasteiger partial charge in [0.25, 0.3) is 0 Å². The Balaban J connectivity index is 1.95. The number of rotatable bonds is 4. The Morgan fingerprint density at radius 3 is 3.06 bits per heavy atom. The molecule has 1 fully saturated rings. The second kappa shape index (κ2) is 5.80.